The number of aliphatic hydroxyl groups excluding tert-OH is 1. The highest BCUT2D eigenvalue weighted by Crippen LogP contribution is 2.51. The third-order valence-corrected chi connectivity index (χ3v) is 9.85. The molecule has 3 heterocycles. The second-order valence-electron chi connectivity index (χ2n) is 11.7. The Morgan fingerprint density at radius 2 is 1.49 bits per heavy atom. The van der Waals surface area contributed by atoms with E-state index in [0.717, 1.165) is 7.17 Å². The summed E-state index contributed by atoms with van der Waals surface area (Å²) < 4.78 is 73.4. The molecular formula is C20H44B6O11P2. The molecule has 0 aromatic rings. The number of rotatable bonds is 15. The largest absolute Gasteiger partial charge is 0.390 e. The minimum atomic E-state index is -3.50. The van der Waals surface area contributed by atoms with Crippen LogP contribution >= 0.6 is 15.2 Å². The Labute approximate surface area is 238 Å². The molecule has 11 atom stereocenters. The van der Waals surface area contributed by atoms with E-state index in [9.17, 15) is 14.2 Å². The molecule has 218 valence electrons. The summed E-state index contributed by atoms with van der Waals surface area (Å²) >= 11 is 0. The molecule has 0 bridgehead atoms. The smallest absolute Gasteiger partial charge is 0.328 e. The van der Waals surface area contributed by atoms with Gasteiger partial charge in [-0.25, -0.2) is 0 Å². The topological polar surface area (TPSA) is 128 Å². The van der Waals surface area contributed by atoms with Gasteiger partial charge in [-0.1, -0.05) is 0 Å². The third kappa shape index (κ3) is 10.6. The number of hydrogen-bond acceptors (Lipinski definition) is 11. The SMILES string of the molecule is BB[C@H]1CC(OP(C)(=O)OC[C@H]2O[C@@H](B)CC2O)[C@@H](COP(C)(=O)OC2C[C@@H](B(B)B)O[C@@H]2COC(C)C)O1. The lowest BCUT2D eigenvalue weighted by molar-refractivity contribution is -0.0463. The first-order valence-electron chi connectivity index (χ1n) is 14.2. The monoisotopic (exact) mass is 588 g/mol. The van der Waals surface area contributed by atoms with Crippen molar-refractivity contribution in [2.75, 3.05) is 33.2 Å². The molecule has 0 aromatic carbocycles. The minimum absolute atomic E-state index is 0.0188. The van der Waals surface area contributed by atoms with Gasteiger partial charge < -0.3 is 42.1 Å². The summed E-state index contributed by atoms with van der Waals surface area (Å²) in [6, 6.07) is -0.221. The van der Waals surface area contributed by atoms with Crippen LogP contribution in [0.3, 0.4) is 0 Å². The van der Waals surface area contributed by atoms with Crippen LogP contribution in [0.2, 0.25) is 0 Å². The normalized spacial score (nSPS) is 38.1. The van der Waals surface area contributed by atoms with E-state index in [4.69, 9.17) is 37.0 Å². The van der Waals surface area contributed by atoms with E-state index < -0.39 is 45.7 Å². The Morgan fingerprint density at radius 1 is 0.923 bits per heavy atom. The highest BCUT2D eigenvalue weighted by molar-refractivity contribution is 7.53. The van der Waals surface area contributed by atoms with Crippen LogP contribution in [0, 0.1) is 0 Å². The fourth-order valence-electron chi connectivity index (χ4n) is 5.10. The lowest BCUT2D eigenvalue weighted by Gasteiger charge is -2.26. The van der Waals surface area contributed by atoms with Gasteiger partial charge in [-0.3, -0.25) is 9.13 Å². The quantitative estimate of drug-likeness (QED) is 0.162. The van der Waals surface area contributed by atoms with E-state index in [1.807, 2.05) is 29.4 Å². The standard InChI is InChI=1S/C20H44B6O11P2/c1-11(2)30-8-16-14(7-20(35-16)26(23)24)37-39(4,29)32-10-17-13(6-19(25-22)34-17)36-38(3,28)31-9-15-12(27)5-18(21)33-15/h11-20,25,27H,5-10,21-24H2,1-4H3/t12?,13?,14?,15-,16-,17-,18-,19-,20+,38?,39?/m1/s1. The van der Waals surface area contributed by atoms with Crippen LogP contribution in [0.1, 0.15) is 33.1 Å². The summed E-state index contributed by atoms with van der Waals surface area (Å²) in [7, 11) is 1.76. The van der Waals surface area contributed by atoms with E-state index >= 15 is 0 Å². The highest BCUT2D eigenvalue weighted by Gasteiger charge is 2.44. The molecule has 3 aliphatic rings. The van der Waals surface area contributed by atoms with E-state index in [-0.39, 0.29) is 49.9 Å². The van der Waals surface area contributed by atoms with Crippen LogP contribution in [-0.4, -0.2) is 144 Å². The summed E-state index contributed by atoms with van der Waals surface area (Å²) in [6.45, 7) is 7.29. The molecule has 39 heavy (non-hydrogen) atoms. The summed E-state index contributed by atoms with van der Waals surface area (Å²) in [5.41, 5.74) is 0. The third-order valence-electron chi connectivity index (χ3n) is 7.31. The Kier molecular flexibility index (Phi) is 12.9. The molecule has 0 spiro atoms. The van der Waals surface area contributed by atoms with Gasteiger partial charge in [0.15, 0.2) is 0 Å². The zero-order valence-electron chi connectivity index (χ0n) is 24.7. The average Bonchev–Trinajstić information content (AvgIpc) is 3.51. The van der Waals surface area contributed by atoms with Gasteiger partial charge in [0.2, 0.25) is 0 Å². The molecule has 3 fully saturated rings. The Balaban J connectivity index is 1.55. The molecule has 5 unspecified atom stereocenters. The molecule has 0 aliphatic carbocycles. The number of ether oxygens (including phenoxy) is 4. The van der Waals surface area contributed by atoms with Crippen molar-refractivity contribution in [1.82, 2.24) is 0 Å². The van der Waals surface area contributed by atoms with Crippen LogP contribution in [0.25, 0.3) is 0 Å². The Morgan fingerprint density at radius 3 is 2.00 bits per heavy atom. The van der Waals surface area contributed by atoms with Gasteiger partial charge in [0.05, 0.1) is 67.4 Å². The van der Waals surface area contributed by atoms with Crippen molar-refractivity contribution < 1.29 is 51.3 Å². The first-order chi connectivity index (χ1) is 18.2. The maximum atomic E-state index is 13.4. The zero-order valence-corrected chi connectivity index (χ0v) is 26.5. The molecule has 3 saturated heterocycles. The summed E-state index contributed by atoms with van der Waals surface area (Å²) in [4.78, 5) is 0. The summed E-state index contributed by atoms with van der Waals surface area (Å²) in [6.07, 6.45) is -1.51. The van der Waals surface area contributed by atoms with E-state index in [1.165, 1.54) is 13.3 Å². The van der Waals surface area contributed by atoms with Crippen LogP contribution < -0.4 is 0 Å². The van der Waals surface area contributed by atoms with E-state index in [2.05, 4.69) is 15.5 Å². The van der Waals surface area contributed by atoms with Crippen molar-refractivity contribution in [3.8, 4) is 0 Å². The molecule has 0 radical (unpaired) electrons. The maximum Gasteiger partial charge on any atom is 0.328 e. The maximum absolute atomic E-state index is 13.4. The first kappa shape index (κ1) is 34.0. The number of aliphatic hydroxyl groups is 1. The highest BCUT2D eigenvalue weighted by atomic mass is 31.2. The van der Waals surface area contributed by atoms with Gasteiger partial charge in [-0.15, -0.1) is 0 Å². The zero-order chi connectivity index (χ0) is 29.0. The van der Waals surface area contributed by atoms with Crippen molar-refractivity contribution in [2.24, 2.45) is 0 Å². The lowest BCUT2D eigenvalue weighted by Crippen LogP contribution is -2.33. The van der Waals surface area contributed by atoms with Crippen molar-refractivity contribution in [3.05, 3.63) is 0 Å². The van der Waals surface area contributed by atoms with Gasteiger partial charge in [0.1, 0.15) is 39.8 Å². The Hall–Kier alpha value is 0.490. The van der Waals surface area contributed by atoms with Crippen molar-refractivity contribution in [3.63, 3.8) is 0 Å². The van der Waals surface area contributed by atoms with Gasteiger partial charge in [0, 0.05) is 31.3 Å². The van der Waals surface area contributed by atoms with Gasteiger partial charge in [0.25, 0.3) is 0 Å². The predicted molar refractivity (Wildman–Crippen MR) is 163 cm³/mol. The molecule has 3 aliphatic heterocycles. The van der Waals surface area contributed by atoms with E-state index in [1.54, 1.807) is 0 Å². The van der Waals surface area contributed by atoms with Crippen LogP contribution in [0.5, 0.6) is 0 Å². The lowest BCUT2D eigenvalue weighted by atomic mass is 9.16. The van der Waals surface area contributed by atoms with Gasteiger partial charge in [-0.05, 0) is 33.1 Å². The second kappa shape index (κ2) is 14.8. The van der Waals surface area contributed by atoms with E-state index in [0.29, 0.717) is 25.9 Å². The minimum Gasteiger partial charge on any atom is -0.390 e. The number of hydrogen-bond donors (Lipinski definition) is 1. The second-order valence-corrected chi connectivity index (χ2v) is 15.7. The molecular weight excluding hydrogens is 543 g/mol. The van der Waals surface area contributed by atoms with Crippen molar-refractivity contribution in [2.45, 2.75) is 93.8 Å². The predicted octanol–water partition coefficient (Wildman–Crippen LogP) is -2.48. The first-order valence-corrected chi connectivity index (χ1v) is 18.2. The molecule has 3 rings (SSSR count). The molecule has 19 heteroatoms. The summed E-state index contributed by atoms with van der Waals surface area (Å²) in [5.74, 6) is 0. The Bertz CT molecular complexity index is 876. The van der Waals surface area contributed by atoms with Crippen LogP contribution in [-0.2, 0) is 46.2 Å². The summed E-state index contributed by atoms with van der Waals surface area (Å²) in [5, 5.41) is 10.1. The average molecular weight is 587 g/mol. The van der Waals surface area contributed by atoms with Crippen molar-refractivity contribution in [1.29, 1.82) is 0 Å². The fraction of sp³-hybridized carbons (Fsp3) is 1.00. The van der Waals surface area contributed by atoms with Crippen LogP contribution in [0.4, 0.5) is 0 Å². The molecule has 11 nitrogen and oxygen atoms in total. The van der Waals surface area contributed by atoms with Crippen LogP contribution in [0.15, 0.2) is 0 Å². The fourth-order valence-corrected chi connectivity index (χ4v) is 7.49. The molecule has 0 saturated carbocycles. The van der Waals surface area contributed by atoms with Gasteiger partial charge in [-0.2, -0.15) is 0 Å². The molecule has 1 N–H and O–H groups in total. The van der Waals surface area contributed by atoms with Gasteiger partial charge >= 0.3 is 15.2 Å². The van der Waals surface area contributed by atoms with Crippen molar-refractivity contribution >= 4 is 59.9 Å². The molecule has 0 amide bonds. The molecule has 0 aromatic heterocycles.